The number of aliphatic hydroxyl groups is 1. The number of hydrogen-bond donors (Lipinski definition) is 3. The van der Waals surface area contributed by atoms with E-state index in [1.54, 1.807) is 49.6 Å². The first kappa shape index (κ1) is 20.1. The molecule has 0 atom stereocenters. The first-order valence-corrected chi connectivity index (χ1v) is 9.46. The SMILES string of the molecule is COc1ccc(-c2ccc(CO)o2)cc1NC(=S)NC(=O)c1cccc(Br)c1. The van der Waals surface area contributed by atoms with Crippen molar-refractivity contribution in [3.63, 3.8) is 0 Å². The molecule has 1 amide bonds. The Morgan fingerprint density at radius 2 is 2.04 bits per heavy atom. The van der Waals surface area contributed by atoms with Gasteiger partial charge in [-0.15, -0.1) is 0 Å². The van der Waals surface area contributed by atoms with Crippen molar-refractivity contribution in [1.29, 1.82) is 0 Å². The fourth-order valence-corrected chi connectivity index (χ4v) is 3.14. The van der Waals surface area contributed by atoms with E-state index in [1.165, 1.54) is 0 Å². The van der Waals surface area contributed by atoms with Crippen molar-refractivity contribution < 1.29 is 19.1 Å². The van der Waals surface area contributed by atoms with Crippen LogP contribution in [-0.4, -0.2) is 23.2 Å². The predicted octanol–water partition coefficient (Wildman–Crippen LogP) is 4.34. The van der Waals surface area contributed by atoms with Crippen molar-refractivity contribution in [3.8, 4) is 17.1 Å². The molecule has 2 aromatic carbocycles. The van der Waals surface area contributed by atoms with Crippen molar-refractivity contribution in [3.05, 3.63) is 70.4 Å². The third-order valence-corrected chi connectivity index (χ3v) is 4.56. The van der Waals surface area contributed by atoms with E-state index in [0.29, 0.717) is 28.5 Å². The summed E-state index contributed by atoms with van der Waals surface area (Å²) < 4.78 is 11.7. The Morgan fingerprint density at radius 1 is 1.21 bits per heavy atom. The van der Waals surface area contributed by atoms with Crippen molar-refractivity contribution in [1.82, 2.24) is 5.32 Å². The predicted molar refractivity (Wildman–Crippen MR) is 114 cm³/mol. The van der Waals surface area contributed by atoms with Crippen molar-refractivity contribution >= 4 is 44.9 Å². The van der Waals surface area contributed by atoms with Gasteiger partial charge in [0.15, 0.2) is 5.11 Å². The average Bonchev–Trinajstić information content (AvgIpc) is 3.17. The van der Waals surface area contributed by atoms with E-state index in [0.717, 1.165) is 10.0 Å². The van der Waals surface area contributed by atoms with Gasteiger partial charge in [0.25, 0.3) is 5.91 Å². The molecule has 3 rings (SSSR count). The van der Waals surface area contributed by atoms with Gasteiger partial charge >= 0.3 is 0 Å². The zero-order chi connectivity index (χ0) is 20.1. The lowest BCUT2D eigenvalue weighted by Crippen LogP contribution is -2.34. The minimum atomic E-state index is -0.326. The molecule has 0 aliphatic rings. The van der Waals surface area contributed by atoms with Gasteiger partial charge in [-0.3, -0.25) is 10.1 Å². The Balaban J connectivity index is 1.77. The molecule has 28 heavy (non-hydrogen) atoms. The van der Waals surface area contributed by atoms with Crippen LogP contribution in [0.5, 0.6) is 5.75 Å². The Hall–Kier alpha value is -2.68. The molecule has 8 heteroatoms. The summed E-state index contributed by atoms with van der Waals surface area (Å²) >= 11 is 8.61. The molecule has 0 spiro atoms. The van der Waals surface area contributed by atoms with Gasteiger partial charge in [0, 0.05) is 15.6 Å². The molecule has 144 valence electrons. The van der Waals surface area contributed by atoms with Crippen LogP contribution in [0.1, 0.15) is 16.1 Å². The Bertz CT molecular complexity index is 1020. The zero-order valence-electron chi connectivity index (χ0n) is 14.9. The van der Waals surface area contributed by atoms with Crippen molar-refractivity contribution in [2.45, 2.75) is 6.61 Å². The van der Waals surface area contributed by atoms with Crippen LogP contribution in [0.15, 0.2) is 63.5 Å². The second-order valence-electron chi connectivity index (χ2n) is 5.76. The van der Waals surface area contributed by atoms with Gasteiger partial charge in [0.2, 0.25) is 0 Å². The maximum Gasteiger partial charge on any atom is 0.257 e. The van der Waals surface area contributed by atoms with Gasteiger partial charge in [-0.2, -0.15) is 0 Å². The third-order valence-electron chi connectivity index (χ3n) is 3.86. The molecule has 3 aromatic rings. The second-order valence-corrected chi connectivity index (χ2v) is 7.08. The maximum absolute atomic E-state index is 12.3. The third kappa shape index (κ3) is 4.78. The summed E-state index contributed by atoms with van der Waals surface area (Å²) in [5, 5.41) is 14.9. The van der Waals surface area contributed by atoms with E-state index in [-0.39, 0.29) is 17.6 Å². The number of amides is 1. The van der Waals surface area contributed by atoms with E-state index < -0.39 is 0 Å². The molecule has 6 nitrogen and oxygen atoms in total. The minimum absolute atomic E-state index is 0.135. The summed E-state index contributed by atoms with van der Waals surface area (Å²) in [6.07, 6.45) is 0. The number of hydrogen-bond acceptors (Lipinski definition) is 5. The number of ether oxygens (including phenoxy) is 1. The Labute approximate surface area is 175 Å². The number of carbonyl (C=O) groups is 1. The number of carbonyl (C=O) groups excluding carboxylic acids is 1. The Morgan fingerprint density at radius 3 is 2.71 bits per heavy atom. The van der Waals surface area contributed by atoms with Gasteiger partial charge in [-0.05, 0) is 60.7 Å². The van der Waals surface area contributed by atoms with Crippen LogP contribution >= 0.6 is 28.1 Å². The van der Waals surface area contributed by atoms with Crippen LogP contribution in [0.4, 0.5) is 5.69 Å². The summed E-state index contributed by atoms with van der Waals surface area (Å²) in [6.45, 7) is -0.174. The van der Waals surface area contributed by atoms with Gasteiger partial charge < -0.3 is 19.6 Å². The van der Waals surface area contributed by atoms with Gasteiger partial charge in [-0.25, -0.2) is 0 Å². The van der Waals surface area contributed by atoms with E-state index >= 15 is 0 Å². The quantitative estimate of drug-likeness (QED) is 0.491. The summed E-state index contributed by atoms with van der Waals surface area (Å²) in [7, 11) is 1.54. The summed E-state index contributed by atoms with van der Waals surface area (Å²) in [5.41, 5.74) is 1.82. The molecule has 0 fully saturated rings. The van der Waals surface area contributed by atoms with Crippen LogP contribution in [-0.2, 0) is 6.61 Å². The molecule has 1 aromatic heterocycles. The molecule has 0 saturated heterocycles. The van der Waals surface area contributed by atoms with Gasteiger partial charge in [0.1, 0.15) is 23.9 Å². The molecular weight excluding hydrogens is 444 g/mol. The number of aliphatic hydroxyl groups excluding tert-OH is 1. The molecule has 0 bridgehead atoms. The standard InChI is InChI=1S/C20H17BrN2O4S/c1-26-18-7-5-12(17-8-6-15(11-24)27-17)10-16(18)22-20(28)23-19(25)13-3-2-4-14(21)9-13/h2-10,24H,11H2,1H3,(H2,22,23,25,28). The smallest absolute Gasteiger partial charge is 0.257 e. The highest BCUT2D eigenvalue weighted by molar-refractivity contribution is 9.10. The molecule has 0 aliphatic heterocycles. The highest BCUT2D eigenvalue weighted by atomic mass is 79.9. The molecule has 1 heterocycles. The second kappa shape index (κ2) is 9.01. The van der Waals surface area contributed by atoms with E-state index in [1.807, 2.05) is 12.1 Å². The number of anilines is 1. The molecular formula is C20H17BrN2O4S. The normalized spacial score (nSPS) is 10.4. The molecule has 0 radical (unpaired) electrons. The largest absolute Gasteiger partial charge is 0.495 e. The fraction of sp³-hybridized carbons (Fsp3) is 0.100. The van der Waals surface area contributed by atoms with Gasteiger partial charge in [0.05, 0.1) is 12.8 Å². The number of methoxy groups -OCH3 is 1. The zero-order valence-corrected chi connectivity index (χ0v) is 17.3. The first-order chi connectivity index (χ1) is 13.5. The number of benzene rings is 2. The van der Waals surface area contributed by atoms with Crippen molar-refractivity contribution in [2.75, 3.05) is 12.4 Å². The summed E-state index contributed by atoms with van der Waals surface area (Å²) in [4.78, 5) is 12.3. The summed E-state index contributed by atoms with van der Waals surface area (Å²) in [5.74, 6) is 1.29. The highest BCUT2D eigenvalue weighted by Crippen LogP contribution is 2.31. The van der Waals surface area contributed by atoms with Crippen LogP contribution in [0.3, 0.4) is 0 Å². The maximum atomic E-state index is 12.3. The van der Waals surface area contributed by atoms with Crippen LogP contribution in [0.2, 0.25) is 0 Å². The van der Waals surface area contributed by atoms with Crippen LogP contribution in [0, 0.1) is 0 Å². The number of thiocarbonyl (C=S) groups is 1. The molecule has 0 saturated carbocycles. The monoisotopic (exact) mass is 460 g/mol. The summed E-state index contributed by atoms with van der Waals surface area (Å²) in [6, 6.07) is 15.8. The molecule has 0 unspecified atom stereocenters. The van der Waals surface area contributed by atoms with E-state index in [4.69, 9.17) is 26.5 Å². The number of furan rings is 1. The lowest BCUT2D eigenvalue weighted by Gasteiger charge is -2.14. The fourth-order valence-electron chi connectivity index (χ4n) is 2.54. The minimum Gasteiger partial charge on any atom is -0.495 e. The molecule has 3 N–H and O–H groups in total. The lowest BCUT2D eigenvalue weighted by molar-refractivity contribution is 0.0977. The lowest BCUT2D eigenvalue weighted by atomic mass is 10.1. The van der Waals surface area contributed by atoms with Gasteiger partial charge in [-0.1, -0.05) is 22.0 Å². The first-order valence-electron chi connectivity index (χ1n) is 8.26. The topological polar surface area (TPSA) is 83.7 Å². The van der Waals surface area contributed by atoms with E-state index in [9.17, 15) is 4.79 Å². The van der Waals surface area contributed by atoms with Crippen LogP contribution < -0.4 is 15.4 Å². The number of rotatable bonds is 5. The Kier molecular flexibility index (Phi) is 6.45. The number of nitrogens with one attached hydrogen (secondary N) is 2. The van der Waals surface area contributed by atoms with Crippen molar-refractivity contribution in [2.24, 2.45) is 0 Å². The number of halogens is 1. The van der Waals surface area contributed by atoms with Crippen LogP contribution in [0.25, 0.3) is 11.3 Å². The highest BCUT2D eigenvalue weighted by Gasteiger charge is 2.13. The molecule has 0 aliphatic carbocycles. The van der Waals surface area contributed by atoms with E-state index in [2.05, 4.69) is 26.6 Å². The average molecular weight is 461 g/mol.